The van der Waals surface area contributed by atoms with Crippen LogP contribution in [0.25, 0.3) is 44.3 Å². The molecule has 11 nitrogen and oxygen atoms in total. The maximum Gasteiger partial charge on any atom is 0.573 e. The highest BCUT2D eigenvalue weighted by Gasteiger charge is 2.41. The van der Waals surface area contributed by atoms with Crippen molar-refractivity contribution in [2.45, 2.75) is 24.3 Å². The van der Waals surface area contributed by atoms with E-state index in [-0.39, 0.29) is 0 Å². The Morgan fingerprint density at radius 2 is 0.788 bits per heavy atom. The van der Waals surface area contributed by atoms with Crippen molar-refractivity contribution in [1.29, 1.82) is 0 Å². The number of aromatic nitrogens is 6. The third-order valence-corrected chi connectivity index (χ3v) is 10.0. The van der Waals surface area contributed by atoms with E-state index in [0.717, 1.165) is 44.5 Å². The van der Waals surface area contributed by atoms with Crippen LogP contribution in [0, 0.1) is 0 Å². The maximum absolute atomic E-state index is 13.5. The van der Waals surface area contributed by atoms with Crippen molar-refractivity contribution in [1.82, 2.24) is 30.0 Å². The van der Waals surface area contributed by atoms with Crippen LogP contribution >= 0.6 is 0 Å². The van der Waals surface area contributed by atoms with Gasteiger partial charge < -0.3 is 0 Å². The average Bonchev–Trinajstić information content (AvgIpc) is 3.98. The van der Waals surface area contributed by atoms with E-state index < -0.39 is 30.4 Å². The number of hydrogen-bond acceptors (Lipinski definition) is 9. The van der Waals surface area contributed by atoms with Crippen LogP contribution in [0.5, 0.6) is 0 Å². The molecule has 252 valence electrons. The van der Waals surface area contributed by atoms with Gasteiger partial charge in [0.1, 0.15) is 11.0 Å². The van der Waals surface area contributed by atoms with Gasteiger partial charge in [-0.25, -0.2) is 9.36 Å². The maximum atomic E-state index is 13.5. The molecule has 0 aliphatic heterocycles. The Morgan fingerprint density at radius 3 is 1.17 bits per heavy atom. The second-order valence-corrected chi connectivity index (χ2v) is 12.7. The van der Waals surface area contributed by atoms with Gasteiger partial charge in [0, 0.05) is 0 Å². The first kappa shape index (κ1) is 30.2. The predicted molar refractivity (Wildman–Crippen MR) is 190 cm³/mol. The SMILES string of the molecule is O=C(OOC(C1c2ccccc2-c2ccccc21)n1nnc2ccccc21)OOC(C1c2ccccc2-c2ccccc21)n1nnc2ccccc21. The summed E-state index contributed by atoms with van der Waals surface area (Å²) in [5.74, 6) is -0.793. The predicted octanol–water partition coefficient (Wildman–Crippen LogP) is 8.51. The van der Waals surface area contributed by atoms with E-state index in [1.54, 1.807) is 9.36 Å². The molecule has 6 aromatic carbocycles. The molecular weight excluding hydrogens is 656 g/mol. The summed E-state index contributed by atoms with van der Waals surface area (Å²) in [6, 6.07) is 47.4. The molecule has 11 heteroatoms. The summed E-state index contributed by atoms with van der Waals surface area (Å²) in [6.07, 6.45) is -3.11. The molecule has 0 bridgehead atoms. The Labute approximate surface area is 296 Å². The summed E-state index contributed by atoms with van der Waals surface area (Å²) in [7, 11) is 0. The highest BCUT2D eigenvalue weighted by molar-refractivity contribution is 5.81. The van der Waals surface area contributed by atoms with Gasteiger partial charge in [0.15, 0.2) is 0 Å². The number of carbonyl (C=O) groups is 1. The molecule has 2 unspecified atom stereocenters. The molecule has 0 fully saturated rings. The van der Waals surface area contributed by atoms with Gasteiger partial charge in [-0.2, -0.15) is 14.6 Å². The lowest BCUT2D eigenvalue weighted by Crippen LogP contribution is -2.26. The number of hydrogen-bond donors (Lipinski definition) is 0. The smallest absolute Gasteiger partial charge is 0.255 e. The molecule has 8 aromatic rings. The van der Waals surface area contributed by atoms with Crippen LogP contribution in [-0.2, 0) is 19.6 Å². The number of nitrogens with zero attached hydrogens (tertiary/aromatic N) is 6. The van der Waals surface area contributed by atoms with Gasteiger partial charge in [-0.1, -0.05) is 132 Å². The fourth-order valence-corrected chi connectivity index (χ4v) is 7.82. The van der Waals surface area contributed by atoms with Crippen LogP contribution in [0.1, 0.15) is 46.5 Å². The molecule has 0 radical (unpaired) electrons. The van der Waals surface area contributed by atoms with Gasteiger partial charge in [0.25, 0.3) is 0 Å². The first-order valence-electron chi connectivity index (χ1n) is 16.9. The van der Waals surface area contributed by atoms with E-state index in [9.17, 15) is 4.79 Å². The van der Waals surface area contributed by atoms with Crippen molar-refractivity contribution in [2.75, 3.05) is 0 Å². The minimum absolute atomic E-state index is 0.396. The van der Waals surface area contributed by atoms with Crippen LogP contribution in [-0.4, -0.2) is 36.1 Å². The second kappa shape index (κ2) is 12.3. The second-order valence-electron chi connectivity index (χ2n) is 12.7. The molecule has 2 aromatic heterocycles. The topological polar surface area (TPSA) is 115 Å². The average molecular weight is 685 g/mol. The van der Waals surface area contributed by atoms with Gasteiger partial charge in [-0.15, -0.1) is 10.2 Å². The molecule has 0 saturated heterocycles. The molecule has 0 saturated carbocycles. The molecule has 2 atom stereocenters. The summed E-state index contributed by atoms with van der Waals surface area (Å²) in [5.41, 5.74) is 11.0. The van der Waals surface area contributed by atoms with Crippen molar-refractivity contribution < 1.29 is 24.3 Å². The first-order valence-corrected chi connectivity index (χ1v) is 16.9. The molecule has 2 aliphatic carbocycles. The normalized spacial score (nSPS) is 14.5. The lowest BCUT2D eigenvalue weighted by atomic mass is 9.95. The van der Waals surface area contributed by atoms with E-state index in [0.29, 0.717) is 22.1 Å². The van der Waals surface area contributed by atoms with Gasteiger partial charge in [-0.05, 0) is 68.8 Å². The Morgan fingerprint density at radius 1 is 0.462 bits per heavy atom. The van der Waals surface area contributed by atoms with Gasteiger partial charge in [0.05, 0.1) is 22.9 Å². The van der Waals surface area contributed by atoms with Crippen molar-refractivity contribution in [2.24, 2.45) is 0 Å². The summed E-state index contributed by atoms with van der Waals surface area (Å²) in [4.78, 5) is 36.6. The third-order valence-electron chi connectivity index (χ3n) is 10.0. The summed E-state index contributed by atoms with van der Waals surface area (Å²) >= 11 is 0. The van der Waals surface area contributed by atoms with Crippen molar-refractivity contribution >= 4 is 28.2 Å². The zero-order valence-corrected chi connectivity index (χ0v) is 27.4. The molecule has 2 aliphatic rings. The zero-order valence-electron chi connectivity index (χ0n) is 27.4. The van der Waals surface area contributed by atoms with Crippen molar-refractivity contribution in [3.05, 3.63) is 168 Å². The number of rotatable bonds is 8. The Hall–Kier alpha value is -6.69. The molecule has 0 N–H and O–H groups in total. The van der Waals surface area contributed by atoms with E-state index in [4.69, 9.17) is 19.6 Å². The standard InChI is InChI=1S/C41H28N6O5/c48-41(51-49-39(46-35-23-11-9-21-33(35)42-44-46)37-29-17-5-1-13-25(29)26-14-2-6-18-30(26)37)52-50-40(47-36-24-12-10-22-34(36)43-45-47)38-31-19-7-3-15-27(31)28-16-4-8-20-32(28)38/h1-24,37-40H. The molecule has 2 heterocycles. The number of para-hydroxylation sites is 2. The molecule has 10 rings (SSSR count). The van der Waals surface area contributed by atoms with Gasteiger partial charge in [-0.3, -0.25) is 9.78 Å². The summed E-state index contributed by atoms with van der Waals surface area (Å²) < 4.78 is 3.26. The Balaban J connectivity index is 0.987. The highest BCUT2D eigenvalue weighted by atomic mass is 17.3. The fourth-order valence-electron chi connectivity index (χ4n) is 7.82. The minimum Gasteiger partial charge on any atom is -0.255 e. The Bertz CT molecular complexity index is 2360. The third kappa shape index (κ3) is 4.78. The summed E-state index contributed by atoms with van der Waals surface area (Å²) in [5, 5.41) is 17.6. The van der Waals surface area contributed by atoms with Crippen LogP contribution < -0.4 is 0 Å². The molecule has 0 amide bonds. The van der Waals surface area contributed by atoms with Crippen LogP contribution in [0.2, 0.25) is 0 Å². The monoisotopic (exact) mass is 684 g/mol. The van der Waals surface area contributed by atoms with Crippen LogP contribution in [0.4, 0.5) is 4.79 Å². The lowest BCUT2D eigenvalue weighted by Gasteiger charge is -2.25. The van der Waals surface area contributed by atoms with Gasteiger partial charge >= 0.3 is 6.16 Å². The highest BCUT2D eigenvalue weighted by Crippen LogP contribution is 2.51. The van der Waals surface area contributed by atoms with E-state index >= 15 is 0 Å². The fraction of sp³-hybridized carbons (Fsp3) is 0.0976. The van der Waals surface area contributed by atoms with E-state index in [1.807, 2.05) is 121 Å². The van der Waals surface area contributed by atoms with Crippen molar-refractivity contribution in [3.63, 3.8) is 0 Å². The quantitative estimate of drug-likeness (QED) is 0.115. The Kier molecular flexibility index (Phi) is 7.12. The van der Waals surface area contributed by atoms with Gasteiger partial charge in [0.2, 0.25) is 12.5 Å². The minimum atomic E-state index is -1.21. The van der Waals surface area contributed by atoms with Crippen LogP contribution in [0.3, 0.4) is 0 Å². The first-order chi connectivity index (χ1) is 25.7. The van der Waals surface area contributed by atoms with Crippen molar-refractivity contribution in [3.8, 4) is 22.3 Å². The molecule has 52 heavy (non-hydrogen) atoms. The number of carbonyl (C=O) groups excluding carboxylic acids is 1. The largest absolute Gasteiger partial charge is 0.573 e. The van der Waals surface area contributed by atoms with E-state index in [2.05, 4.69) is 44.9 Å². The zero-order chi connectivity index (χ0) is 34.6. The molecule has 0 spiro atoms. The molecular formula is C41H28N6O5. The number of benzene rings is 6. The number of fused-ring (bicyclic) bond motifs is 8. The summed E-state index contributed by atoms with van der Waals surface area (Å²) in [6.45, 7) is 0. The van der Waals surface area contributed by atoms with Crippen LogP contribution in [0.15, 0.2) is 146 Å². The lowest BCUT2D eigenvalue weighted by molar-refractivity contribution is -0.369. The van der Waals surface area contributed by atoms with E-state index in [1.165, 1.54) is 0 Å².